The summed E-state index contributed by atoms with van der Waals surface area (Å²) in [5.41, 5.74) is 0.843. The van der Waals surface area contributed by atoms with Crippen molar-refractivity contribution in [2.45, 2.75) is 43.9 Å². The average molecular weight is 347 g/mol. The number of carbonyl (C=O) groups excluding carboxylic acids is 1. The second kappa shape index (κ2) is 7.95. The van der Waals surface area contributed by atoms with E-state index in [1.165, 1.54) is 6.92 Å². The van der Waals surface area contributed by atoms with E-state index in [4.69, 9.17) is 25.4 Å². The summed E-state index contributed by atoms with van der Waals surface area (Å²) in [6, 6.07) is 8.63. The van der Waals surface area contributed by atoms with Crippen molar-refractivity contribution in [1.29, 1.82) is 0 Å². The smallest absolute Gasteiger partial charge is 0.217 e. The predicted molar refractivity (Wildman–Crippen MR) is 87.1 cm³/mol. The summed E-state index contributed by atoms with van der Waals surface area (Å²) in [5.74, 6) is 2.03. The fraction of sp³-hybridized carbons (Fsp3) is 0.500. The van der Waals surface area contributed by atoms with Crippen LogP contribution in [0.3, 0.4) is 0 Å². The summed E-state index contributed by atoms with van der Waals surface area (Å²) in [4.78, 5) is 11.5. The molecule has 0 spiro atoms. The Bertz CT molecular complexity index is 630. The van der Waals surface area contributed by atoms with E-state index in [-0.39, 0.29) is 19.1 Å². The third-order valence-corrected chi connectivity index (χ3v) is 4.14. The van der Waals surface area contributed by atoms with Crippen molar-refractivity contribution in [2.75, 3.05) is 13.2 Å². The lowest BCUT2D eigenvalue weighted by molar-refractivity contribution is -0.342. The Morgan fingerprint density at radius 1 is 1.40 bits per heavy atom. The molecule has 2 fully saturated rings. The van der Waals surface area contributed by atoms with Gasteiger partial charge < -0.3 is 29.4 Å². The fourth-order valence-electron chi connectivity index (χ4n) is 3.03. The molecular formula is C18H21NO6. The van der Waals surface area contributed by atoms with Gasteiger partial charge in [0.1, 0.15) is 31.0 Å². The second-order valence-electron chi connectivity index (χ2n) is 5.95. The summed E-state index contributed by atoms with van der Waals surface area (Å²) >= 11 is 0. The van der Waals surface area contributed by atoms with Gasteiger partial charge in [-0.2, -0.15) is 0 Å². The number of nitrogens with one attached hydrogen (secondary N) is 1. The number of amides is 1. The molecule has 1 aromatic carbocycles. The maximum atomic E-state index is 11.5. The molecule has 0 radical (unpaired) electrons. The molecule has 7 nitrogen and oxygen atoms in total. The van der Waals surface area contributed by atoms with Crippen LogP contribution in [0.5, 0.6) is 0 Å². The van der Waals surface area contributed by atoms with E-state index < -0.39 is 36.9 Å². The molecule has 1 aromatic rings. The predicted octanol–water partition coefficient (Wildman–Crippen LogP) is 0.341. The van der Waals surface area contributed by atoms with E-state index in [1.54, 1.807) is 0 Å². The first kappa shape index (κ1) is 17.9. The molecule has 3 rings (SSSR count). The molecule has 7 heteroatoms. The lowest BCUT2D eigenvalue weighted by Gasteiger charge is -2.47. The third-order valence-electron chi connectivity index (χ3n) is 4.14. The van der Waals surface area contributed by atoms with E-state index >= 15 is 0 Å². The Balaban J connectivity index is 1.75. The minimum atomic E-state index is -1.03. The van der Waals surface area contributed by atoms with E-state index in [0.29, 0.717) is 0 Å². The Morgan fingerprint density at radius 2 is 2.16 bits per heavy atom. The van der Waals surface area contributed by atoms with Crippen LogP contribution < -0.4 is 5.32 Å². The van der Waals surface area contributed by atoms with Gasteiger partial charge in [-0.15, -0.1) is 6.42 Å². The lowest BCUT2D eigenvalue weighted by Crippen LogP contribution is -2.66. The third kappa shape index (κ3) is 4.00. The quantitative estimate of drug-likeness (QED) is 0.764. The number of hydrogen-bond acceptors (Lipinski definition) is 6. The summed E-state index contributed by atoms with van der Waals surface area (Å²) in [6.45, 7) is 1.58. The molecule has 2 heterocycles. The summed E-state index contributed by atoms with van der Waals surface area (Å²) in [7, 11) is 0. The molecule has 2 aliphatic heterocycles. The topological polar surface area (TPSA) is 86.2 Å². The van der Waals surface area contributed by atoms with Gasteiger partial charge in [0.15, 0.2) is 12.6 Å². The van der Waals surface area contributed by atoms with Crippen molar-refractivity contribution in [3.05, 3.63) is 35.9 Å². The SMILES string of the molecule is C#CCO[C@@H]1O[C@H]2CO[C@@H](c3ccccc3)O[C@H]2[C@H](O)[C@@H]1NC(C)=O. The van der Waals surface area contributed by atoms with Crippen molar-refractivity contribution in [2.24, 2.45) is 0 Å². The maximum absolute atomic E-state index is 11.5. The molecule has 2 aliphatic rings. The first-order valence-corrected chi connectivity index (χ1v) is 8.08. The number of benzene rings is 1. The monoisotopic (exact) mass is 347 g/mol. The number of ether oxygens (including phenoxy) is 4. The second-order valence-corrected chi connectivity index (χ2v) is 5.95. The van der Waals surface area contributed by atoms with E-state index in [9.17, 15) is 9.90 Å². The van der Waals surface area contributed by atoms with E-state index in [1.807, 2.05) is 30.3 Å². The number of carbonyl (C=O) groups is 1. The Morgan fingerprint density at radius 3 is 2.84 bits per heavy atom. The van der Waals surface area contributed by atoms with Crippen LogP contribution in [0, 0.1) is 12.3 Å². The van der Waals surface area contributed by atoms with Gasteiger partial charge in [0.25, 0.3) is 0 Å². The van der Waals surface area contributed by atoms with Crippen molar-refractivity contribution in [3.8, 4) is 12.3 Å². The summed E-state index contributed by atoms with van der Waals surface area (Å²) in [6.07, 6.45) is 1.51. The number of aliphatic hydroxyl groups is 1. The molecule has 1 amide bonds. The molecule has 0 aliphatic carbocycles. The zero-order chi connectivity index (χ0) is 17.8. The normalized spacial score (nSPS) is 34.6. The van der Waals surface area contributed by atoms with Gasteiger partial charge in [-0.25, -0.2) is 0 Å². The minimum Gasteiger partial charge on any atom is -0.388 e. The highest BCUT2D eigenvalue weighted by molar-refractivity contribution is 5.73. The van der Waals surface area contributed by atoms with Crippen LogP contribution in [0.15, 0.2) is 30.3 Å². The van der Waals surface area contributed by atoms with Crippen LogP contribution in [0.2, 0.25) is 0 Å². The van der Waals surface area contributed by atoms with Gasteiger partial charge in [0, 0.05) is 12.5 Å². The highest BCUT2D eigenvalue weighted by Crippen LogP contribution is 2.34. The number of rotatable bonds is 4. The molecular weight excluding hydrogens is 326 g/mol. The van der Waals surface area contributed by atoms with Crippen molar-refractivity contribution in [1.82, 2.24) is 5.32 Å². The van der Waals surface area contributed by atoms with Crippen molar-refractivity contribution in [3.63, 3.8) is 0 Å². The maximum Gasteiger partial charge on any atom is 0.217 e. The molecule has 0 bridgehead atoms. The van der Waals surface area contributed by atoms with Gasteiger partial charge in [-0.05, 0) is 0 Å². The zero-order valence-corrected chi connectivity index (χ0v) is 13.8. The van der Waals surface area contributed by atoms with Gasteiger partial charge in [0.05, 0.1) is 6.61 Å². The highest BCUT2D eigenvalue weighted by Gasteiger charge is 2.50. The van der Waals surface area contributed by atoms with Gasteiger partial charge in [-0.1, -0.05) is 36.3 Å². The molecule has 25 heavy (non-hydrogen) atoms. The van der Waals surface area contributed by atoms with Crippen molar-refractivity contribution >= 4 is 5.91 Å². The first-order chi connectivity index (χ1) is 12.1. The Hall–Kier alpha value is -1.95. The van der Waals surface area contributed by atoms with Gasteiger partial charge >= 0.3 is 0 Å². The molecule has 2 saturated heterocycles. The summed E-state index contributed by atoms with van der Waals surface area (Å²) in [5, 5.41) is 13.4. The van der Waals surface area contributed by atoms with Crippen LogP contribution in [0.4, 0.5) is 0 Å². The zero-order valence-electron chi connectivity index (χ0n) is 13.8. The van der Waals surface area contributed by atoms with Crippen molar-refractivity contribution < 1.29 is 28.8 Å². The molecule has 0 unspecified atom stereocenters. The van der Waals surface area contributed by atoms with Crippen LogP contribution in [-0.4, -0.2) is 54.9 Å². The van der Waals surface area contributed by atoms with Crippen LogP contribution >= 0.6 is 0 Å². The fourth-order valence-corrected chi connectivity index (χ4v) is 3.03. The number of hydrogen-bond donors (Lipinski definition) is 2. The number of fused-ring (bicyclic) bond motifs is 1. The van der Waals surface area contributed by atoms with Gasteiger partial charge in [0.2, 0.25) is 5.91 Å². The van der Waals surface area contributed by atoms with Crippen LogP contribution in [-0.2, 0) is 23.7 Å². The Labute approximate surface area is 146 Å². The van der Waals surface area contributed by atoms with E-state index in [0.717, 1.165) is 5.56 Å². The molecule has 0 aromatic heterocycles. The molecule has 0 saturated carbocycles. The molecule has 6 atom stereocenters. The number of aliphatic hydroxyl groups excluding tert-OH is 1. The minimum absolute atomic E-state index is 0.000781. The molecule has 2 N–H and O–H groups in total. The van der Waals surface area contributed by atoms with Crippen LogP contribution in [0.25, 0.3) is 0 Å². The van der Waals surface area contributed by atoms with E-state index in [2.05, 4.69) is 11.2 Å². The number of terminal acetylenes is 1. The lowest BCUT2D eigenvalue weighted by atomic mass is 9.95. The first-order valence-electron chi connectivity index (χ1n) is 8.08. The van der Waals surface area contributed by atoms with Gasteiger partial charge in [-0.3, -0.25) is 4.79 Å². The highest BCUT2D eigenvalue weighted by atomic mass is 16.7. The Kier molecular flexibility index (Phi) is 5.68. The average Bonchev–Trinajstić information content (AvgIpc) is 2.63. The summed E-state index contributed by atoms with van der Waals surface area (Å²) < 4.78 is 22.9. The standard InChI is InChI=1S/C18H21NO6/c1-3-9-22-18-14(19-11(2)20)15(21)16-13(24-18)10-23-17(25-16)12-7-5-4-6-8-12/h1,4-8,13-18,21H,9-10H2,2H3,(H,19,20)/t13-,14-,15+,16+,17+,18+/m0/s1. The largest absolute Gasteiger partial charge is 0.388 e. The van der Waals surface area contributed by atoms with Crippen LogP contribution in [0.1, 0.15) is 18.8 Å². The molecule has 134 valence electrons.